The molecule has 0 unspecified atom stereocenters. The molecule has 0 radical (unpaired) electrons. The summed E-state index contributed by atoms with van der Waals surface area (Å²) in [5.74, 6) is 3.29. The van der Waals surface area contributed by atoms with Crippen LogP contribution in [-0.4, -0.2) is 25.7 Å². The Morgan fingerprint density at radius 2 is 2.10 bits per heavy atom. The largest absolute Gasteiger partial charge is 0.481 e. The molecule has 0 amide bonds. The Morgan fingerprint density at radius 1 is 1.29 bits per heavy atom. The number of nitrogens with zero attached hydrogens (tertiary/aromatic N) is 2. The Morgan fingerprint density at radius 3 is 2.86 bits per heavy atom. The average molecular weight is 281 g/mol. The molecule has 1 aromatic heterocycles. The number of benzene rings is 1. The zero-order valence-corrected chi connectivity index (χ0v) is 12.3. The van der Waals surface area contributed by atoms with Crippen molar-refractivity contribution in [1.82, 2.24) is 4.98 Å². The van der Waals surface area contributed by atoms with Crippen molar-refractivity contribution in [2.24, 2.45) is 0 Å². The molecule has 4 heteroatoms. The summed E-state index contributed by atoms with van der Waals surface area (Å²) in [4.78, 5) is 6.21. The quantitative estimate of drug-likeness (QED) is 0.826. The van der Waals surface area contributed by atoms with E-state index in [0.29, 0.717) is 6.54 Å². The second-order valence-electron chi connectivity index (χ2n) is 4.74. The predicted molar refractivity (Wildman–Crippen MR) is 86.7 cm³/mol. The first-order valence-electron chi connectivity index (χ1n) is 6.71. The first-order chi connectivity index (χ1) is 10.2. The molecule has 108 valence electrons. The molecule has 21 heavy (non-hydrogen) atoms. The van der Waals surface area contributed by atoms with E-state index >= 15 is 0 Å². The number of ether oxygens (including phenoxy) is 1. The zero-order valence-electron chi connectivity index (χ0n) is 12.3. The maximum atomic E-state index is 5.55. The number of aromatic nitrogens is 1. The van der Waals surface area contributed by atoms with Gasteiger partial charge in [-0.3, -0.25) is 4.98 Å². The van der Waals surface area contributed by atoms with Crippen LogP contribution in [0.2, 0.25) is 0 Å². The van der Waals surface area contributed by atoms with Crippen molar-refractivity contribution in [2.45, 2.75) is 6.54 Å². The van der Waals surface area contributed by atoms with Crippen LogP contribution in [0, 0.1) is 12.3 Å². The molecule has 0 aliphatic rings. The number of para-hydroxylation sites is 1. The summed E-state index contributed by atoms with van der Waals surface area (Å²) in [7, 11) is 4.01. The first kappa shape index (κ1) is 14.7. The maximum Gasteiger partial charge on any atom is 0.148 e. The lowest BCUT2D eigenvalue weighted by Crippen LogP contribution is -2.12. The van der Waals surface area contributed by atoms with E-state index < -0.39 is 0 Å². The van der Waals surface area contributed by atoms with Crippen LogP contribution in [0.15, 0.2) is 42.7 Å². The third-order valence-corrected chi connectivity index (χ3v) is 3.03. The highest BCUT2D eigenvalue weighted by atomic mass is 16.5. The predicted octanol–water partition coefficient (Wildman–Crippen LogP) is 2.77. The summed E-state index contributed by atoms with van der Waals surface area (Å²) in [5, 5.41) is 3.39. The molecule has 0 aliphatic heterocycles. The molecular weight excluding hydrogens is 262 g/mol. The molecule has 0 bridgehead atoms. The second kappa shape index (κ2) is 7.20. The van der Waals surface area contributed by atoms with Gasteiger partial charge in [0, 0.05) is 32.4 Å². The van der Waals surface area contributed by atoms with Crippen LogP contribution >= 0.6 is 0 Å². The summed E-state index contributed by atoms with van der Waals surface area (Å²) in [6.07, 6.45) is 8.84. The number of pyridine rings is 1. The average Bonchev–Trinajstić information content (AvgIpc) is 2.52. The monoisotopic (exact) mass is 281 g/mol. The molecule has 0 saturated carbocycles. The molecule has 4 nitrogen and oxygen atoms in total. The van der Waals surface area contributed by atoms with Gasteiger partial charge >= 0.3 is 0 Å². The van der Waals surface area contributed by atoms with Gasteiger partial charge in [-0.05, 0) is 12.1 Å². The van der Waals surface area contributed by atoms with Gasteiger partial charge in [0.1, 0.15) is 12.4 Å². The van der Waals surface area contributed by atoms with Gasteiger partial charge in [0.15, 0.2) is 0 Å². The summed E-state index contributed by atoms with van der Waals surface area (Å²) in [6.45, 7) is 0.917. The molecule has 0 atom stereocenters. The van der Waals surface area contributed by atoms with Crippen molar-refractivity contribution < 1.29 is 4.74 Å². The normalized spacial score (nSPS) is 9.76. The van der Waals surface area contributed by atoms with Crippen LogP contribution in [0.1, 0.15) is 5.56 Å². The van der Waals surface area contributed by atoms with Gasteiger partial charge in [-0.15, -0.1) is 6.42 Å². The van der Waals surface area contributed by atoms with Crippen LogP contribution in [0.5, 0.6) is 5.75 Å². The number of terminal acetylenes is 1. The molecule has 0 spiro atoms. The molecule has 1 N–H and O–H groups in total. The fourth-order valence-electron chi connectivity index (χ4n) is 2.01. The third-order valence-electron chi connectivity index (χ3n) is 3.03. The van der Waals surface area contributed by atoms with Crippen LogP contribution < -0.4 is 15.0 Å². The van der Waals surface area contributed by atoms with Crippen molar-refractivity contribution >= 4 is 11.4 Å². The van der Waals surface area contributed by atoms with Gasteiger partial charge in [-0.2, -0.15) is 0 Å². The van der Waals surface area contributed by atoms with E-state index in [9.17, 15) is 0 Å². The van der Waals surface area contributed by atoms with Crippen molar-refractivity contribution in [3.8, 4) is 18.1 Å². The fraction of sp³-hybridized carbons (Fsp3) is 0.235. The maximum absolute atomic E-state index is 5.55. The number of anilines is 2. The lowest BCUT2D eigenvalue weighted by molar-refractivity contribution is 0.366. The van der Waals surface area contributed by atoms with Crippen LogP contribution in [0.25, 0.3) is 0 Å². The molecule has 1 heterocycles. The van der Waals surface area contributed by atoms with Gasteiger partial charge in [0.05, 0.1) is 17.6 Å². The number of nitrogens with one attached hydrogen (secondary N) is 1. The lowest BCUT2D eigenvalue weighted by atomic mass is 10.2. The number of hydrogen-bond acceptors (Lipinski definition) is 4. The minimum Gasteiger partial charge on any atom is -0.481 e. The molecule has 0 fully saturated rings. The lowest BCUT2D eigenvalue weighted by Gasteiger charge is -2.18. The molecular formula is C17H19N3O. The standard InChI is InChI=1S/C17H19N3O/c1-4-11-21-17-8-6-5-7-14(17)12-19-15-13-18-10-9-16(15)20(2)3/h1,5-10,13,19H,11-12H2,2-3H3. The third kappa shape index (κ3) is 3.90. The Balaban J connectivity index is 2.12. The summed E-state index contributed by atoms with van der Waals surface area (Å²) in [6, 6.07) is 9.83. The summed E-state index contributed by atoms with van der Waals surface area (Å²) >= 11 is 0. The van der Waals surface area contributed by atoms with Crippen LogP contribution in [0.3, 0.4) is 0 Å². The minimum absolute atomic E-state index is 0.271. The van der Waals surface area contributed by atoms with Gasteiger partial charge in [0.25, 0.3) is 0 Å². The fourth-order valence-corrected chi connectivity index (χ4v) is 2.01. The first-order valence-corrected chi connectivity index (χ1v) is 6.71. The number of hydrogen-bond donors (Lipinski definition) is 1. The molecule has 2 aromatic rings. The van der Waals surface area contributed by atoms with E-state index in [-0.39, 0.29) is 6.61 Å². The van der Waals surface area contributed by atoms with E-state index in [0.717, 1.165) is 22.7 Å². The highest BCUT2D eigenvalue weighted by molar-refractivity contribution is 5.68. The topological polar surface area (TPSA) is 37.4 Å². The van der Waals surface area contributed by atoms with Gasteiger partial charge in [-0.25, -0.2) is 0 Å². The van der Waals surface area contributed by atoms with Gasteiger partial charge < -0.3 is 15.0 Å². The van der Waals surface area contributed by atoms with E-state index in [1.807, 2.05) is 55.5 Å². The smallest absolute Gasteiger partial charge is 0.148 e. The summed E-state index contributed by atoms with van der Waals surface area (Å²) in [5.41, 5.74) is 3.13. The Bertz CT molecular complexity index is 632. The Hall–Kier alpha value is -2.67. The SMILES string of the molecule is C#CCOc1ccccc1CNc1cnccc1N(C)C. The highest BCUT2D eigenvalue weighted by Gasteiger charge is 2.06. The second-order valence-corrected chi connectivity index (χ2v) is 4.74. The van der Waals surface area contributed by atoms with E-state index in [4.69, 9.17) is 11.2 Å². The van der Waals surface area contributed by atoms with Crippen molar-refractivity contribution in [3.05, 3.63) is 48.3 Å². The van der Waals surface area contributed by atoms with E-state index in [2.05, 4.69) is 16.2 Å². The summed E-state index contributed by atoms with van der Waals surface area (Å²) < 4.78 is 5.55. The number of rotatable bonds is 6. The molecule has 2 rings (SSSR count). The molecule has 0 aliphatic carbocycles. The zero-order chi connectivity index (χ0) is 15.1. The van der Waals surface area contributed by atoms with Crippen molar-refractivity contribution in [1.29, 1.82) is 0 Å². The molecule has 1 aromatic carbocycles. The van der Waals surface area contributed by atoms with Crippen molar-refractivity contribution in [2.75, 3.05) is 30.9 Å². The Kier molecular flexibility index (Phi) is 5.05. The Labute approximate surface area is 125 Å². The van der Waals surface area contributed by atoms with Crippen molar-refractivity contribution in [3.63, 3.8) is 0 Å². The van der Waals surface area contributed by atoms with Crippen LogP contribution in [-0.2, 0) is 6.54 Å². The van der Waals surface area contributed by atoms with Gasteiger partial charge in [-0.1, -0.05) is 24.1 Å². The minimum atomic E-state index is 0.271. The highest BCUT2D eigenvalue weighted by Crippen LogP contribution is 2.24. The van der Waals surface area contributed by atoms with Crippen LogP contribution in [0.4, 0.5) is 11.4 Å². The van der Waals surface area contributed by atoms with Gasteiger partial charge in [0.2, 0.25) is 0 Å². The molecule has 0 saturated heterocycles. The van der Waals surface area contributed by atoms with E-state index in [1.165, 1.54) is 0 Å². The van der Waals surface area contributed by atoms with E-state index in [1.54, 1.807) is 6.20 Å².